The molecule has 0 aliphatic carbocycles. The summed E-state index contributed by atoms with van der Waals surface area (Å²) in [5.41, 5.74) is 0. The van der Waals surface area contributed by atoms with E-state index in [2.05, 4.69) is 0 Å². The Labute approximate surface area is 280 Å². The van der Waals surface area contributed by atoms with Crippen molar-refractivity contribution in [3.05, 3.63) is 72.9 Å². The van der Waals surface area contributed by atoms with Gasteiger partial charge in [-0.1, -0.05) is 101 Å². The van der Waals surface area contributed by atoms with Crippen molar-refractivity contribution in [3.63, 3.8) is 0 Å². The van der Waals surface area contributed by atoms with Gasteiger partial charge in [0.1, 0.15) is 6.10 Å². The zero-order chi connectivity index (χ0) is 35.4. The maximum Gasteiger partial charge on any atom is 0.331 e. The predicted molar refractivity (Wildman–Crippen MR) is 183 cm³/mol. The van der Waals surface area contributed by atoms with Gasteiger partial charge in [-0.15, -0.1) is 0 Å². The molecule has 0 spiro atoms. The molecule has 1 rings (SSSR count). The van der Waals surface area contributed by atoms with Crippen molar-refractivity contribution in [1.29, 1.82) is 0 Å². The van der Waals surface area contributed by atoms with E-state index in [9.17, 15) is 45.6 Å². The monoisotopic (exact) mass is 664 g/mol. The molecule has 10 nitrogen and oxygen atoms in total. The Morgan fingerprint density at radius 1 is 0.660 bits per heavy atom. The number of allylic oxidation sites excluding steroid dienone is 8. The van der Waals surface area contributed by atoms with Gasteiger partial charge in [0.15, 0.2) is 0 Å². The van der Waals surface area contributed by atoms with Crippen LogP contribution in [0.2, 0.25) is 0 Å². The zero-order valence-corrected chi connectivity index (χ0v) is 28.4. The van der Waals surface area contributed by atoms with Crippen molar-refractivity contribution in [1.82, 2.24) is 0 Å². The van der Waals surface area contributed by atoms with Gasteiger partial charge in [-0.25, -0.2) is 4.79 Å². The number of hydrogen-bond acceptors (Lipinski definition) is 10. The maximum absolute atomic E-state index is 12.5. The summed E-state index contributed by atoms with van der Waals surface area (Å²) >= 11 is 0. The highest BCUT2D eigenvalue weighted by Gasteiger charge is 2.27. The van der Waals surface area contributed by atoms with E-state index >= 15 is 0 Å². The quantitative estimate of drug-likeness (QED) is 0.161. The number of ether oxygens (including phenoxy) is 1. The second-order valence-corrected chi connectivity index (χ2v) is 13.0. The van der Waals surface area contributed by atoms with E-state index in [4.69, 9.17) is 4.74 Å². The fourth-order valence-corrected chi connectivity index (χ4v) is 5.44. The average molecular weight is 665 g/mol. The molecule has 0 aromatic carbocycles. The van der Waals surface area contributed by atoms with E-state index in [-0.39, 0.29) is 50.4 Å². The second kappa shape index (κ2) is 23.8. The highest BCUT2D eigenvalue weighted by molar-refractivity contribution is 5.82. The Balaban J connectivity index is 3.01. The molecule has 0 amide bonds. The van der Waals surface area contributed by atoms with Gasteiger partial charge in [-0.3, -0.25) is 0 Å². The van der Waals surface area contributed by atoms with Crippen LogP contribution in [0.15, 0.2) is 72.9 Å². The van der Waals surface area contributed by atoms with Gasteiger partial charge in [0.25, 0.3) is 0 Å². The molecule has 47 heavy (non-hydrogen) atoms. The van der Waals surface area contributed by atoms with E-state index < -0.39 is 66.8 Å². The maximum atomic E-state index is 12.5. The molecule has 0 saturated heterocycles. The van der Waals surface area contributed by atoms with Crippen molar-refractivity contribution < 1.29 is 50.4 Å². The Morgan fingerprint density at radius 2 is 1.13 bits per heavy atom. The first-order valence-electron chi connectivity index (χ1n) is 16.9. The van der Waals surface area contributed by atoms with Gasteiger partial charge in [0.05, 0.1) is 48.8 Å². The van der Waals surface area contributed by atoms with Gasteiger partial charge < -0.3 is 45.6 Å². The third kappa shape index (κ3) is 19.2. The van der Waals surface area contributed by atoms with E-state index in [1.165, 1.54) is 12.2 Å². The smallest absolute Gasteiger partial charge is 0.331 e. The molecule has 12 atom stereocenters. The van der Waals surface area contributed by atoms with E-state index in [0.29, 0.717) is 6.42 Å². The van der Waals surface area contributed by atoms with Crippen LogP contribution in [0.4, 0.5) is 0 Å². The van der Waals surface area contributed by atoms with Gasteiger partial charge in [0, 0.05) is 24.3 Å². The number of rotatable bonds is 2. The largest absolute Gasteiger partial charge is 0.458 e. The third-order valence-electron chi connectivity index (χ3n) is 8.55. The van der Waals surface area contributed by atoms with Crippen LogP contribution in [0.25, 0.3) is 0 Å². The third-order valence-corrected chi connectivity index (χ3v) is 8.55. The van der Waals surface area contributed by atoms with Gasteiger partial charge in [-0.05, 0) is 44.4 Å². The van der Waals surface area contributed by atoms with E-state index in [0.717, 1.165) is 6.42 Å². The minimum atomic E-state index is -1.10. The standard InChI is InChI=1S/C37H60O10/c1-5-25(2)37-26(3)17-18-28(38)19-29(39)20-30(40)21-31(41)22-32(42)23-33(43)24-35(45)27(4)34(44)15-13-11-9-7-6-8-10-12-14-16-36(46)47-37/h6-14,16-18,25-35,37-45H,5,15,19-24H2,1-4H3/b8-6+,9-7+,12-10+,13-11+,16-14+,18-17+/t25?,26-,27-,28-,29-,30+,31-,32+,33+,34-,35+,37-/m0/s1. The molecule has 10 heteroatoms. The SMILES string of the molecule is CCC(C)[C@@H]1OC(=O)/C=C/C=C/C=C/C=C/C=C/C[C@H](O)[C@H](C)[C@H](O)C[C@H](O)C[C@H](O)C[C@@H](O)C[C@H](O)C[C@@H](O)C[C@@H](O)/C=C/[C@@H]1C. The lowest BCUT2D eigenvalue weighted by molar-refractivity contribution is -0.147. The summed E-state index contributed by atoms with van der Waals surface area (Å²) in [5, 5.41) is 83.4. The van der Waals surface area contributed by atoms with Crippen molar-refractivity contribution in [2.75, 3.05) is 0 Å². The molecule has 0 radical (unpaired) electrons. The first-order chi connectivity index (χ1) is 22.2. The number of hydrogen-bond donors (Lipinski definition) is 8. The lowest BCUT2D eigenvalue weighted by atomic mass is 9.90. The topological polar surface area (TPSA) is 188 Å². The summed E-state index contributed by atoms with van der Waals surface area (Å²) in [5.74, 6) is -1.19. The van der Waals surface area contributed by atoms with Gasteiger partial charge >= 0.3 is 5.97 Å². The zero-order valence-electron chi connectivity index (χ0n) is 28.4. The molecule has 0 saturated carbocycles. The van der Waals surface area contributed by atoms with E-state index in [1.807, 2.05) is 20.8 Å². The highest BCUT2D eigenvalue weighted by atomic mass is 16.5. The average Bonchev–Trinajstić information content (AvgIpc) is 2.99. The first kappa shape index (κ1) is 42.6. The summed E-state index contributed by atoms with van der Waals surface area (Å²) in [7, 11) is 0. The summed E-state index contributed by atoms with van der Waals surface area (Å²) in [6.07, 6.45) is 12.2. The van der Waals surface area contributed by atoms with Crippen molar-refractivity contribution in [3.8, 4) is 0 Å². The molecule has 0 aromatic heterocycles. The molecule has 1 aliphatic rings. The number of esters is 1. The van der Waals surface area contributed by atoms with Crippen LogP contribution in [0.1, 0.15) is 79.1 Å². The number of carbonyl (C=O) groups excluding carboxylic acids is 1. The van der Waals surface area contributed by atoms with Crippen molar-refractivity contribution in [2.24, 2.45) is 17.8 Å². The number of cyclic esters (lactones) is 1. The Kier molecular flexibility index (Phi) is 21.6. The fourth-order valence-electron chi connectivity index (χ4n) is 5.44. The molecule has 0 aromatic rings. The minimum Gasteiger partial charge on any atom is -0.458 e. The summed E-state index contributed by atoms with van der Waals surface area (Å²) in [6.45, 7) is 7.55. The molecule has 0 bridgehead atoms. The van der Waals surface area contributed by atoms with Crippen LogP contribution in [-0.4, -0.2) is 102 Å². The Hall–Kier alpha value is -2.41. The minimum absolute atomic E-state index is 0.0516. The summed E-state index contributed by atoms with van der Waals surface area (Å²) in [6, 6.07) is 0. The Bertz CT molecular complexity index is 1030. The van der Waals surface area contributed by atoms with Crippen LogP contribution < -0.4 is 0 Å². The number of aliphatic hydroxyl groups is 8. The molecular formula is C37H60O10. The molecule has 1 heterocycles. The molecule has 8 N–H and O–H groups in total. The molecule has 1 unspecified atom stereocenters. The predicted octanol–water partition coefficient (Wildman–Crippen LogP) is 3.19. The van der Waals surface area contributed by atoms with Crippen molar-refractivity contribution in [2.45, 2.75) is 134 Å². The fraction of sp³-hybridized carbons (Fsp3) is 0.649. The van der Waals surface area contributed by atoms with Gasteiger partial charge in [0.2, 0.25) is 0 Å². The molecular weight excluding hydrogens is 604 g/mol. The van der Waals surface area contributed by atoms with Crippen LogP contribution in [0.5, 0.6) is 0 Å². The normalized spacial score (nSPS) is 40.3. The van der Waals surface area contributed by atoms with Crippen molar-refractivity contribution >= 4 is 5.97 Å². The van der Waals surface area contributed by atoms with Crippen LogP contribution >= 0.6 is 0 Å². The lowest BCUT2D eigenvalue weighted by Crippen LogP contribution is -2.34. The number of carbonyl (C=O) groups is 1. The van der Waals surface area contributed by atoms with E-state index in [1.54, 1.807) is 67.7 Å². The van der Waals surface area contributed by atoms with Crippen LogP contribution in [0.3, 0.4) is 0 Å². The summed E-state index contributed by atoms with van der Waals surface area (Å²) in [4.78, 5) is 12.5. The molecule has 0 fully saturated rings. The lowest BCUT2D eigenvalue weighted by Gasteiger charge is -2.27. The first-order valence-corrected chi connectivity index (χ1v) is 16.9. The summed E-state index contributed by atoms with van der Waals surface area (Å²) < 4.78 is 5.74. The molecule has 268 valence electrons. The Morgan fingerprint density at radius 3 is 1.66 bits per heavy atom. The number of aliphatic hydroxyl groups excluding tert-OH is 8. The van der Waals surface area contributed by atoms with Crippen LogP contribution in [-0.2, 0) is 9.53 Å². The molecule has 1 aliphatic heterocycles. The van der Waals surface area contributed by atoms with Gasteiger partial charge in [-0.2, -0.15) is 0 Å². The van der Waals surface area contributed by atoms with Crippen LogP contribution in [0, 0.1) is 17.8 Å². The highest BCUT2D eigenvalue weighted by Crippen LogP contribution is 2.23. The second-order valence-electron chi connectivity index (χ2n) is 13.0.